The summed E-state index contributed by atoms with van der Waals surface area (Å²) in [5.41, 5.74) is 0.698. The highest BCUT2D eigenvalue weighted by molar-refractivity contribution is 5.44. The van der Waals surface area contributed by atoms with E-state index in [1.807, 2.05) is 12.3 Å². The standard InChI is InChI=1S/C20H27FN6O/c1-25(20-23-7-5-19(24-20)27-9-11-28-12-10-27)17-3-2-8-26(15-17)14-16-4-6-22-13-18(16)21/h4-7,13,17H,2-3,8-12,14-15H2,1H3. The Labute approximate surface area is 165 Å². The number of morpholine rings is 1. The summed E-state index contributed by atoms with van der Waals surface area (Å²) in [6, 6.07) is 4.03. The summed E-state index contributed by atoms with van der Waals surface area (Å²) < 4.78 is 19.4. The van der Waals surface area contributed by atoms with Crippen molar-refractivity contribution in [1.82, 2.24) is 19.9 Å². The molecule has 1 unspecified atom stereocenters. The Bertz CT molecular complexity index is 785. The van der Waals surface area contributed by atoms with Crippen molar-refractivity contribution >= 4 is 11.8 Å². The number of likely N-dealkylation sites (N-methyl/N-ethyl adjacent to an activating group) is 1. The maximum atomic E-state index is 14.0. The molecular formula is C20H27FN6O. The van der Waals surface area contributed by atoms with Crippen LogP contribution in [0.25, 0.3) is 0 Å². The molecule has 150 valence electrons. The third-order valence-corrected chi connectivity index (χ3v) is 5.56. The second-order valence-corrected chi connectivity index (χ2v) is 7.42. The fraction of sp³-hybridized carbons (Fsp3) is 0.550. The molecule has 1 atom stereocenters. The predicted molar refractivity (Wildman–Crippen MR) is 106 cm³/mol. The van der Waals surface area contributed by atoms with Crippen molar-refractivity contribution in [2.45, 2.75) is 25.4 Å². The molecule has 0 bridgehead atoms. The van der Waals surface area contributed by atoms with E-state index in [1.165, 1.54) is 6.20 Å². The molecule has 2 aliphatic rings. The Morgan fingerprint density at radius 3 is 2.89 bits per heavy atom. The molecule has 8 heteroatoms. The van der Waals surface area contributed by atoms with Crippen LogP contribution in [0.1, 0.15) is 18.4 Å². The number of pyridine rings is 1. The Hall–Kier alpha value is -2.32. The van der Waals surface area contributed by atoms with Crippen molar-refractivity contribution in [1.29, 1.82) is 0 Å². The van der Waals surface area contributed by atoms with E-state index >= 15 is 0 Å². The summed E-state index contributed by atoms with van der Waals surface area (Å²) in [4.78, 5) is 19.8. The van der Waals surface area contributed by atoms with Gasteiger partial charge in [-0.15, -0.1) is 0 Å². The molecule has 2 aliphatic heterocycles. The van der Waals surface area contributed by atoms with Gasteiger partial charge < -0.3 is 14.5 Å². The minimum atomic E-state index is -0.237. The van der Waals surface area contributed by atoms with Gasteiger partial charge in [0.15, 0.2) is 0 Å². The van der Waals surface area contributed by atoms with E-state index in [1.54, 1.807) is 12.3 Å². The first-order chi connectivity index (χ1) is 13.7. The van der Waals surface area contributed by atoms with Crippen molar-refractivity contribution < 1.29 is 9.13 Å². The molecule has 0 aromatic carbocycles. The third-order valence-electron chi connectivity index (χ3n) is 5.56. The van der Waals surface area contributed by atoms with Gasteiger partial charge in [0.1, 0.15) is 11.6 Å². The monoisotopic (exact) mass is 386 g/mol. The van der Waals surface area contributed by atoms with Crippen LogP contribution < -0.4 is 9.80 Å². The van der Waals surface area contributed by atoms with Gasteiger partial charge in [-0.2, -0.15) is 4.98 Å². The molecule has 2 aromatic heterocycles. The average Bonchev–Trinajstić information content (AvgIpc) is 2.76. The third kappa shape index (κ3) is 4.39. The molecule has 4 rings (SSSR count). The quantitative estimate of drug-likeness (QED) is 0.778. The molecule has 4 heterocycles. The topological polar surface area (TPSA) is 57.6 Å². The average molecular weight is 386 g/mol. The van der Waals surface area contributed by atoms with E-state index in [9.17, 15) is 4.39 Å². The van der Waals surface area contributed by atoms with Gasteiger partial charge in [-0.1, -0.05) is 0 Å². The second-order valence-electron chi connectivity index (χ2n) is 7.42. The molecule has 0 amide bonds. The number of anilines is 2. The lowest BCUT2D eigenvalue weighted by Gasteiger charge is -2.38. The minimum Gasteiger partial charge on any atom is -0.378 e. The summed E-state index contributed by atoms with van der Waals surface area (Å²) in [5.74, 6) is 1.46. The Morgan fingerprint density at radius 2 is 2.07 bits per heavy atom. The first-order valence-corrected chi connectivity index (χ1v) is 9.90. The van der Waals surface area contributed by atoms with E-state index < -0.39 is 0 Å². The van der Waals surface area contributed by atoms with Crippen LogP contribution in [0.3, 0.4) is 0 Å². The first kappa shape index (κ1) is 19.0. The SMILES string of the molecule is CN(c1nccc(N2CCOCC2)n1)C1CCCN(Cc2ccncc2F)C1. The molecule has 0 N–H and O–H groups in total. The van der Waals surface area contributed by atoms with Crippen molar-refractivity contribution in [3.05, 3.63) is 42.1 Å². The van der Waals surface area contributed by atoms with E-state index in [0.29, 0.717) is 18.2 Å². The van der Waals surface area contributed by atoms with Crippen LogP contribution in [0.2, 0.25) is 0 Å². The lowest BCUT2D eigenvalue weighted by molar-refractivity contribution is 0.122. The van der Waals surface area contributed by atoms with Crippen LogP contribution in [0.15, 0.2) is 30.7 Å². The number of ether oxygens (including phenoxy) is 1. The predicted octanol–water partition coefficient (Wildman–Crippen LogP) is 1.95. The largest absolute Gasteiger partial charge is 0.378 e. The Morgan fingerprint density at radius 1 is 1.21 bits per heavy atom. The number of hydrogen-bond acceptors (Lipinski definition) is 7. The van der Waals surface area contributed by atoms with Crippen molar-refractivity contribution in [2.24, 2.45) is 0 Å². The van der Waals surface area contributed by atoms with Gasteiger partial charge in [-0.3, -0.25) is 9.88 Å². The first-order valence-electron chi connectivity index (χ1n) is 9.90. The maximum Gasteiger partial charge on any atom is 0.227 e. The molecule has 7 nitrogen and oxygen atoms in total. The maximum absolute atomic E-state index is 14.0. The number of hydrogen-bond donors (Lipinski definition) is 0. The highest BCUT2D eigenvalue weighted by Gasteiger charge is 2.26. The van der Waals surface area contributed by atoms with Gasteiger partial charge in [-0.05, 0) is 31.5 Å². The van der Waals surface area contributed by atoms with Gasteiger partial charge >= 0.3 is 0 Å². The number of aromatic nitrogens is 3. The zero-order valence-electron chi connectivity index (χ0n) is 16.3. The molecule has 28 heavy (non-hydrogen) atoms. The summed E-state index contributed by atoms with van der Waals surface area (Å²) in [6.07, 6.45) is 6.92. The van der Waals surface area contributed by atoms with Crippen LogP contribution >= 0.6 is 0 Å². The second kappa shape index (κ2) is 8.79. The highest BCUT2D eigenvalue weighted by atomic mass is 19.1. The lowest BCUT2D eigenvalue weighted by atomic mass is 10.0. The molecule has 2 aromatic rings. The van der Waals surface area contributed by atoms with Crippen LogP contribution in [0.4, 0.5) is 16.2 Å². The number of halogens is 1. The zero-order valence-corrected chi connectivity index (χ0v) is 16.3. The van der Waals surface area contributed by atoms with E-state index in [4.69, 9.17) is 9.72 Å². The van der Waals surface area contributed by atoms with Crippen molar-refractivity contribution in [2.75, 3.05) is 56.2 Å². The normalized spacial score (nSPS) is 20.9. The number of nitrogens with zero attached hydrogens (tertiary/aromatic N) is 6. The summed E-state index contributed by atoms with van der Waals surface area (Å²) in [6.45, 7) is 5.62. The zero-order chi connectivity index (χ0) is 19.3. The Balaban J connectivity index is 1.42. The van der Waals surface area contributed by atoms with Gasteiger partial charge in [0.25, 0.3) is 0 Å². The van der Waals surface area contributed by atoms with E-state index in [2.05, 4.69) is 31.7 Å². The highest BCUT2D eigenvalue weighted by Crippen LogP contribution is 2.22. The molecule has 0 aliphatic carbocycles. The fourth-order valence-electron chi connectivity index (χ4n) is 3.90. The molecule has 0 radical (unpaired) electrons. The van der Waals surface area contributed by atoms with Gasteiger partial charge in [0.05, 0.1) is 19.4 Å². The van der Waals surface area contributed by atoms with Crippen LogP contribution in [-0.2, 0) is 11.3 Å². The van der Waals surface area contributed by atoms with E-state index in [0.717, 1.165) is 64.0 Å². The number of rotatable bonds is 5. The van der Waals surface area contributed by atoms with Crippen LogP contribution in [0, 0.1) is 5.82 Å². The van der Waals surface area contributed by atoms with E-state index in [-0.39, 0.29) is 5.82 Å². The molecule has 0 saturated carbocycles. The number of likely N-dealkylation sites (tertiary alicyclic amines) is 1. The summed E-state index contributed by atoms with van der Waals surface area (Å²) in [5, 5.41) is 0. The molecule has 0 spiro atoms. The van der Waals surface area contributed by atoms with Crippen LogP contribution in [0.5, 0.6) is 0 Å². The van der Waals surface area contributed by atoms with Gasteiger partial charge in [0.2, 0.25) is 5.95 Å². The minimum absolute atomic E-state index is 0.237. The Kier molecular flexibility index (Phi) is 5.97. The van der Waals surface area contributed by atoms with Crippen molar-refractivity contribution in [3.63, 3.8) is 0 Å². The lowest BCUT2D eigenvalue weighted by Crippen LogP contribution is -2.47. The molecule has 2 saturated heterocycles. The summed E-state index contributed by atoms with van der Waals surface area (Å²) >= 11 is 0. The van der Waals surface area contributed by atoms with Crippen LogP contribution in [-0.4, -0.2) is 72.3 Å². The molecular weight excluding hydrogens is 359 g/mol. The van der Waals surface area contributed by atoms with Crippen molar-refractivity contribution in [3.8, 4) is 0 Å². The summed E-state index contributed by atoms with van der Waals surface area (Å²) in [7, 11) is 2.06. The number of piperidine rings is 1. The molecule has 2 fully saturated rings. The smallest absolute Gasteiger partial charge is 0.227 e. The van der Waals surface area contributed by atoms with Gasteiger partial charge in [0, 0.05) is 57.2 Å². The fourth-order valence-corrected chi connectivity index (χ4v) is 3.90. The van der Waals surface area contributed by atoms with Gasteiger partial charge in [-0.25, -0.2) is 9.37 Å².